The third-order valence-electron chi connectivity index (χ3n) is 5.20. The largest absolute Gasteiger partial charge is 0.494 e. The Balaban J connectivity index is 1.32. The van der Waals surface area contributed by atoms with Gasteiger partial charge in [-0.15, -0.1) is 11.3 Å². The first-order valence-corrected chi connectivity index (χ1v) is 11.3. The van der Waals surface area contributed by atoms with Gasteiger partial charge in [-0.25, -0.2) is 4.98 Å². The number of fused-ring (bicyclic) bond motifs is 1. The molecule has 1 aliphatic rings. The molecule has 6 heteroatoms. The van der Waals surface area contributed by atoms with Crippen LogP contribution in [0.2, 0.25) is 0 Å². The molecule has 0 bridgehead atoms. The van der Waals surface area contributed by atoms with Gasteiger partial charge in [-0.1, -0.05) is 48.5 Å². The zero-order valence-electron chi connectivity index (χ0n) is 17.3. The smallest absolute Gasteiger partial charge is 0.226 e. The molecule has 1 N–H and O–H groups in total. The Bertz CT molecular complexity index is 987. The molecule has 5 nitrogen and oxygen atoms in total. The lowest BCUT2D eigenvalue weighted by Crippen LogP contribution is -2.29. The van der Waals surface area contributed by atoms with E-state index in [2.05, 4.69) is 39.5 Å². The third-order valence-corrected chi connectivity index (χ3v) is 6.20. The zero-order chi connectivity index (χ0) is 20.8. The third kappa shape index (κ3) is 5.26. The molecule has 3 aromatic rings. The van der Waals surface area contributed by atoms with Crippen LogP contribution in [0.5, 0.6) is 5.75 Å². The van der Waals surface area contributed by atoms with Crippen molar-refractivity contribution in [2.75, 3.05) is 18.5 Å². The number of carbonyl (C=O) groups excluding carboxylic acids is 1. The second-order valence-electron chi connectivity index (χ2n) is 7.42. The quantitative estimate of drug-likeness (QED) is 0.574. The van der Waals surface area contributed by atoms with Crippen LogP contribution in [0.25, 0.3) is 0 Å². The van der Waals surface area contributed by atoms with Gasteiger partial charge in [-0.05, 0) is 30.5 Å². The average Bonchev–Trinajstić information content (AvgIpc) is 3.15. The average molecular weight is 422 g/mol. The van der Waals surface area contributed by atoms with Gasteiger partial charge in [0.1, 0.15) is 5.75 Å². The molecule has 0 fully saturated rings. The molecule has 1 amide bonds. The molecule has 0 saturated heterocycles. The fourth-order valence-electron chi connectivity index (χ4n) is 3.72. The molecule has 4 rings (SSSR count). The van der Waals surface area contributed by atoms with Crippen molar-refractivity contribution in [3.05, 3.63) is 76.3 Å². The number of amides is 1. The van der Waals surface area contributed by atoms with E-state index < -0.39 is 0 Å². The van der Waals surface area contributed by atoms with E-state index in [1.807, 2.05) is 37.3 Å². The van der Waals surface area contributed by atoms with Crippen molar-refractivity contribution < 1.29 is 9.53 Å². The van der Waals surface area contributed by atoms with E-state index in [1.165, 1.54) is 10.4 Å². The number of benzene rings is 2. The normalized spacial score (nSPS) is 13.6. The van der Waals surface area contributed by atoms with Crippen molar-refractivity contribution in [2.45, 2.75) is 39.3 Å². The summed E-state index contributed by atoms with van der Waals surface area (Å²) in [6.07, 6.45) is 1.99. The molecule has 30 heavy (non-hydrogen) atoms. The van der Waals surface area contributed by atoms with E-state index in [0.717, 1.165) is 43.1 Å². The standard InChI is InChI=1S/C24H27N3O2S/c1-2-29-21-11-7-6-10-19(21)12-13-23(28)26-24-25-20-14-15-27(17-22(20)30-24)16-18-8-4-3-5-9-18/h3-11H,2,12-17H2,1H3,(H,25,26,28). The van der Waals surface area contributed by atoms with E-state index in [4.69, 9.17) is 4.74 Å². The highest BCUT2D eigenvalue weighted by atomic mass is 32.1. The van der Waals surface area contributed by atoms with E-state index in [1.54, 1.807) is 11.3 Å². The van der Waals surface area contributed by atoms with Gasteiger partial charge < -0.3 is 10.1 Å². The Morgan fingerprint density at radius 1 is 1.17 bits per heavy atom. The molecule has 0 atom stereocenters. The fraction of sp³-hybridized carbons (Fsp3) is 0.333. The van der Waals surface area contributed by atoms with Gasteiger partial charge in [0.25, 0.3) is 0 Å². The minimum atomic E-state index is -0.00598. The van der Waals surface area contributed by atoms with Crippen LogP contribution < -0.4 is 10.1 Å². The SMILES string of the molecule is CCOc1ccccc1CCC(=O)Nc1nc2c(s1)CN(Cc1ccccc1)CC2. The van der Waals surface area contributed by atoms with Crippen molar-refractivity contribution in [3.63, 3.8) is 0 Å². The lowest BCUT2D eigenvalue weighted by Gasteiger charge is -2.25. The number of hydrogen-bond acceptors (Lipinski definition) is 5. The molecule has 156 valence electrons. The number of aryl methyl sites for hydroxylation is 1. The summed E-state index contributed by atoms with van der Waals surface area (Å²) in [5.41, 5.74) is 3.51. The Hall–Kier alpha value is -2.70. The number of nitrogens with zero attached hydrogens (tertiary/aromatic N) is 2. The van der Waals surface area contributed by atoms with Crippen LogP contribution in [0.4, 0.5) is 5.13 Å². The van der Waals surface area contributed by atoms with E-state index in [-0.39, 0.29) is 5.91 Å². The summed E-state index contributed by atoms with van der Waals surface area (Å²) < 4.78 is 5.65. The lowest BCUT2D eigenvalue weighted by atomic mass is 10.1. The van der Waals surface area contributed by atoms with Gasteiger partial charge in [0.15, 0.2) is 5.13 Å². The Labute approximate surface area is 181 Å². The zero-order valence-corrected chi connectivity index (χ0v) is 18.1. The topological polar surface area (TPSA) is 54.5 Å². The maximum Gasteiger partial charge on any atom is 0.226 e. The number of nitrogens with one attached hydrogen (secondary N) is 1. The van der Waals surface area contributed by atoms with Crippen molar-refractivity contribution in [3.8, 4) is 5.75 Å². The van der Waals surface area contributed by atoms with Gasteiger partial charge >= 0.3 is 0 Å². The predicted molar refractivity (Wildman–Crippen MR) is 121 cm³/mol. The monoisotopic (exact) mass is 421 g/mol. The molecule has 2 aromatic carbocycles. The first kappa shape index (κ1) is 20.6. The van der Waals surface area contributed by atoms with Crippen molar-refractivity contribution >= 4 is 22.4 Å². The molecular weight excluding hydrogens is 394 g/mol. The van der Waals surface area contributed by atoms with Crippen LogP contribution in [0, 0.1) is 0 Å². The van der Waals surface area contributed by atoms with Crippen LogP contribution in [0.15, 0.2) is 54.6 Å². The highest BCUT2D eigenvalue weighted by molar-refractivity contribution is 7.15. The van der Waals surface area contributed by atoms with E-state index in [9.17, 15) is 4.79 Å². The molecule has 0 saturated carbocycles. The van der Waals surface area contributed by atoms with Crippen LogP contribution >= 0.6 is 11.3 Å². The number of aromatic nitrogens is 1. The number of anilines is 1. The molecule has 0 radical (unpaired) electrons. The molecular formula is C24H27N3O2S. The summed E-state index contributed by atoms with van der Waals surface area (Å²) in [4.78, 5) is 20.8. The van der Waals surface area contributed by atoms with Crippen molar-refractivity contribution in [2.24, 2.45) is 0 Å². The summed E-state index contributed by atoms with van der Waals surface area (Å²) in [5, 5.41) is 3.71. The van der Waals surface area contributed by atoms with Crippen molar-refractivity contribution in [1.82, 2.24) is 9.88 Å². The maximum absolute atomic E-state index is 12.5. The van der Waals surface area contributed by atoms with Crippen LogP contribution in [-0.4, -0.2) is 28.9 Å². The Morgan fingerprint density at radius 2 is 1.97 bits per heavy atom. The van der Waals surface area contributed by atoms with Gasteiger partial charge in [0.05, 0.1) is 12.3 Å². The summed E-state index contributed by atoms with van der Waals surface area (Å²) in [6, 6.07) is 18.4. The number of para-hydroxylation sites is 1. The second-order valence-corrected chi connectivity index (χ2v) is 8.51. The minimum absolute atomic E-state index is 0.00598. The van der Waals surface area contributed by atoms with Crippen LogP contribution in [0.3, 0.4) is 0 Å². The number of thiazole rings is 1. The summed E-state index contributed by atoms with van der Waals surface area (Å²) >= 11 is 1.60. The highest BCUT2D eigenvalue weighted by Gasteiger charge is 2.21. The highest BCUT2D eigenvalue weighted by Crippen LogP contribution is 2.29. The van der Waals surface area contributed by atoms with E-state index >= 15 is 0 Å². The molecule has 2 heterocycles. The van der Waals surface area contributed by atoms with Gasteiger partial charge in [-0.2, -0.15) is 0 Å². The molecule has 0 unspecified atom stereocenters. The molecule has 0 spiro atoms. The summed E-state index contributed by atoms with van der Waals surface area (Å²) in [7, 11) is 0. The van der Waals surface area contributed by atoms with Gasteiger partial charge in [0, 0.05) is 37.4 Å². The van der Waals surface area contributed by atoms with Gasteiger partial charge in [-0.3, -0.25) is 9.69 Å². The molecule has 1 aliphatic heterocycles. The minimum Gasteiger partial charge on any atom is -0.494 e. The van der Waals surface area contributed by atoms with Gasteiger partial charge in [0.2, 0.25) is 5.91 Å². The number of carbonyl (C=O) groups is 1. The summed E-state index contributed by atoms with van der Waals surface area (Å²) in [6.45, 7) is 5.41. The van der Waals surface area contributed by atoms with Crippen molar-refractivity contribution in [1.29, 1.82) is 0 Å². The Morgan fingerprint density at radius 3 is 2.80 bits per heavy atom. The van der Waals surface area contributed by atoms with E-state index in [0.29, 0.717) is 24.6 Å². The first-order valence-electron chi connectivity index (χ1n) is 10.5. The second kappa shape index (κ2) is 9.87. The molecule has 0 aliphatic carbocycles. The number of ether oxygens (including phenoxy) is 1. The summed E-state index contributed by atoms with van der Waals surface area (Å²) in [5.74, 6) is 0.851. The fourth-order valence-corrected chi connectivity index (χ4v) is 4.78. The predicted octanol–water partition coefficient (Wildman–Crippen LogP) is 4.67. The number of rotatable bonds is 8. The molecule has 1 aromatic heterocycles. The first-order chi connectivity index (χ1) is 14.7. The Kier molecular flexibility index (Phi) is 6.77. The number of hydrogen-bond donors (Lipinski definition) is 1. The van der Waals surface area contributed by atoms with Crippen LogP contribution in [0.1, 0.15) is 35.0 Å². The maximum atomic E-state index is 12.5. The lowest BCUT2D eigenvalue weighted by molar-refractivity contribution is -0.116. The van der Waals surface area contributed by atoms with Crippen LogP contribution in [-0.2, 0) is 30.7 Å².